The van der Waals surface area contributed by atoms with Gasteiger partial charge in [-0.2, -0.15) is 29.9 Å². The van der Waals surface area contributed by atoms with E-state index in [0.29, 0.717) is 5.95 Å². The molecule has 0 aliphatic heterocycles. The van der Waals surface area contributed by atoms with E-state index in [-0.39, 0.29) is 29.7 Å². The molecule has 126 valence electrons. The SMILES string of the molecule is Nc1nc(N)nc(N)n1.Nc1nc(N)nc(N[SiH3])n1.O=[Si](O)O. The molecule has 0 aliphatic carbocycles. The van der Waals surface area contributed by atoms with Crippen LogP contribution in [0.5, 0.6) is 0 Å². The second-order valence-corrected chi connectivity index (χ2v) is 4.38. The van der Waals surface area contributed by atoms with Crippen molar-refractivity contribution in [2.24, 2.45) is 0 Å². The predicted octanol–water partition coefficient (Wildman–Crippen LogP) is -5.27. The Morgan fingerprint density at radius 2 is 0.957 bits per heavy atom. The molecule has 0 fully saturated rings. The molecule has 0 unspecified atom stereocenters. The maximum absolute atomic E-state index is 8.74. The van der Waals surface area contributed by atoms with Crippen molar-refractivity contribution < 1.29 is 14.1 Å². The summed E-state index contributed by atoms with van der Waals surface area (Å²) in [6.45, 7) is 0. The Bertz CT molecular complexity index is 582. The Kier molecular flexibility index (Phi) is 8.17. The van der Waals surface area contributed by atoms with Crippen LogP contribution in [-0.4, -0.2) is 59.1 Å². The molecule has 0 amide bonds. The van der Waals surface area contributed by atoms with Crippen LogP contribution in [-0.2, 0) is 4.46 Å². The Labute approximate surface area is 133 Å². The number of anilines is 6. The fourth-order valence-corrected chi connectivity index (χ4v) is 1.17. The molecule has 17 heteroatoms. The Balaban J connectivity index is 0.000000345. The van der Waals surface area contributed by atoms with Crippen LogP contribution in [0.4, 0.5) is 35.7 Å². The molecule has 0 spiro atoms. The molecule has 2 aromatic heterocycles. The summed E-state index contributed by atoms with van der Waals surface area (Å²) in [5.41, 5.74) is 25.9. The normalized spacial score (nSPS) is 8.87. The van der Waals surface area contributed by atoms with Crippen molar-refractivity contribution in [2.75, 3.05) is 33.7 Å². The maximum Gasteiger partial charge on any atom is 0.761 e. The van der Waals surface area contributed by atoms with Crippen LogP contribution in [0, 0.1) is 0 Å². The zero-order chi connectivity index (χ0) is 18.0. The highest BCUT2D eigenvalue weighted by Gasteiger charge is 1.96. The molecule has 13 N–H and O–H groups in total. The van der Waals surface area contributed by atoms with Crippen molar-refractivity contribution in [1.29, 1.82) is 0 Å². The quantitative estimate of drug-likeness (QED) is 0.220. The van der Waals surface area contributed by atoms with Crippen LogP contribution in [0.2, 0.25) is 0 Å². The molecule has 2 aromatic rings. The summed E-state index contributed by atoms with van der Waals surface area (Å²) < 4.78 is 8.74. The van der Waals surface area contributed by atoms with Crippen molar-refractivity contribution in [3.8, 4) is 0 Å². The summed E-state index contributed by atoms with van der Waals surface area (Å²) in [5, 5.41) is 0. The highest BCUT2D eigenvalue weighted by molar-refractivity contribution is 6.22. The second kappa shape index (κ2) is 9.56. The first kappa shape index (κ1) is 19.7. The van der Waals surface area contributed by atoms with Gasteiger partial charge in [-0.15, -0.1) is 0 Å². The molecule has 0 saturated carbocycles. The van der Waals surface area contributed by atoms with Gasteiger partial charge in [-0.3, -0.25) is 4.46 Å². The topological polar surface area (TPSA) is 277 Å². The number of hydrogen-bond acceptors (Lipinski definition) is 13. The highest BCUT2D eigenvalue weighted by Crippen LogP contribution is 2.00. The minimum Gasteiger partial charge on any atom is -0.511 e. The molecular formula is C6H16N12O3Si2. The Morgan fingerprint density at radius 3 is 1.17 bits per heavy atom. The van der Waals surface area contributed by atoms with E-state index in [1.165, 1.54) is 0 Å². The van der Waals surface area contributed by atoms with Gasteiger partial charge in [0.05, 0.1) is 0 Å². The number of aromatic nitrogens is 6. The van der Waals surface area contributed by atoms with Crippen molar-refractivity contribution >= 4 is 55.3 Å². The highest BCUT2D eigenvalue weighted by atomic mass is 28.3. The molecular weight excluding hydrogens is 344 g/mol. The third-order valence-corrected chi connectivity index (χ3v) is 2.03. The maximum atomic E-state index is 8.74. The van der Waals surface area contributed by atoms with E-state index in [2.05, 4.69) is 34.9 Å². The standard InChI is InChI=1S/C3H8N6Si.C3H6N6.H2O3Si/c4-1-6-2(5)8-3(7-1)9-10;4-1-7-2(5)9-3(6)8-1;1-4(2)3/h10H3,(H5,4,5,6,7,8,9);(H6,4,5,6,7,8,9);1-2H. The molecule has 0 aromatic carbocycles. The predicted molar refractivity (Wildman–Crippen MR) is 86.2 cm³/mol. The van der Waals surface area contributed by atoms with Crippen molar-refractivity contribution in [1.82, 2.24) is 29.9 Å². The average molecular weight is 360 g/mol. The van der Waals surface area contributed by atoms with Gasteiger partial charge in [0.2, 0.25) is 35.7 Å². The van der Waals surface area contributed by atoms with Crippen LogP contribution in [0.3, 0.4) is 0 Å². The molecule has 0 radical (unpaired) electrons. The molecule has 15 nitrogen and oxygen atoms in total. The number of rotatable bonds is 1. The minimum atomic E-state index is -3.13. The Morgan fingerprint density at radius 1 is 0.739 bits per heavy atom. The van der Waals surface area contributed by atoms with Gasteiger partial charge in [-0.25, -0.2) is 0 Å². The summed E-state index contributed by atoms with van der Waals surface area (Å²) in [6.07, 6.45) is 0. The van der Waals surface area contributed by atoms with Crippen LogP contribution < -0.4 is 33.7 Å². The number of nitrogen functional groups attached to an aromatic ring is 5. The van der Waals surface area contributed by atoms with Gasteiger partial charge in [0.1, 0.15) is 10.4 Å². The van der Waals surface area contributed by atoms with E-state index in [1.54, 1.807) is 0 Å². The molecule has 23 heavy (non-hydrogen) atoms. The third-order valence-electron chi connectivity index (χ3n) is 1.58. The monoisotopic (exact) mass is 360 g/mol. The lowest BCUT2D eigenvalue weighted by Gasteiger charge is -1.98. The second-order valence-electron chi connectivity index (χ2n) is 3.32. The van der Waals surface area contributed by atoms with Gasteiger partial charge >= 0.3 is 9.17 Å². The molecule has 2 heterocycles. The third kappa shape index (κ3) is 10.1. The van der Waals surface area contributed by atoms with Crippen LogP contribution in [0.15, 0.2) is 0 Å². The average Bonchev–Trinajstić information content (AvgIpc) is 2.35. The first-order valence-electron chi connectivity index (χ1n) is 5.53. The minimum absolute atomic E-state index is 0.0417. The number of hydrogen-bond donors (Lipinski definition) is 8. The van der Waals surface area contributed by atoms with Crippen molar-refractivity contribution in [3.05, 3.63) is 0 Å². The summed E-state index contributed by atoms with van der Waals surface area (Å²) in [7, 11) is -2.37. The van der Waals surface area contributed by atoms with Crippen molar-refractivity contribution in [3.63, 3.8) is 0 Å². The first-order chi connectivity index (χ1) is 10.6. The fourth-order valence-electron chi connectivity index (χ4n) is 0.948. The molecule has 0 atom stereocenters. The lowest BCUT2D eigenvalue weighted by atomic mass is 10.8. The van der Waals surface area contributed by atoms with Gasteiger partial charge in [0, 0.05) is 0 Å². The van der Waals surface area contributed by atoms with Gasteiger partial charge in [0.15, 0.2) is 0 Å². The number of nitrogens with zero attached hydrogens (tertiary/aromatic N) is 6. The van der Waals surface area contributed by atoms with E-state index in [4.69, 9.17) is 42.7 Å². The van der Waals surface area contributed by atoms with Crippen molar-refractivity contribution in [2.45, 2.75) is 0 Å². The fraction of sp³-hybridized carbons (Fsp3) is 0. The van der Waals surface area contributed by atoms with Gasteiger partial charge < -0.3 is 43.2 Å². The molecule has 0 saturated heterocycles. The summed E-state index contributed by atoms with van der Waals surface area (Å²) in [5.74, 6) is 0.855. The van der Waals surface area contributed by atoms with E-state index in [0.717, 1.165) is 10.4 Å². The van der Waals surface area contributed by atoms with Gasteiger partial charge in [-0.1, -0.05) is 0 Å². The van der Waals surface area contributed by atoms with Crippen LogP contribution in [0.25, 0.3) is 0 Å². The summed E-state index contributed by atoms with van der Waals surface area (Å²) >= 11 is 0. The number of nitrogens with one attached hydrogen (secondary N) is 1. The largest absolute Gasteiger partial charge is 0.761 e. The lowest BCUT2D eigenvalue weighted by Crippen LogP contribution is -2.06. The zero-order valence-electron chi connectivity index (χ0n) is 11.9. The van der Waals surface area contributed by atoms with E-state index in [1.807, 2.05) is 0 Å². The number of nitrogens with two attached hydrogens (primary N) is 5. The van der Waals surface area contributed by atoms with Crippen LogP contribution >= 0.6 is 0 Å². The van der Waals surface area contributed by atoms with E-state index in [9.17, 15) is 0 Å². The first-order valence-corrected chi connectivity index (χ1v) is 7.83. The Hall–Kier alpha value is -3.35. The smallest absolute Gasteiger partial charge is 0.511 e. The summed E-state index contributed by atoms with van der Waals surface area (Å²) in [4.78, 5) is 38.7. The van der Waals surface area contributed by atoms with E-state index >= 15 is 0 Å². The van der Waals surface area contributed by atoms with Crippen LogP contribution in [0.1, 0.15) is 0 Å². The molecule has 2 rings (SSSR count). The molecule has 0 bridgehead atoms. The van der Waals surface area contributed by atoms with Gasteiger partial charge in [0.25, 0.3) is 0 Å². The van der Waals surface area contributed by atoms with E-state index < -0.39 is 9.17 Å². The summed E-state index contributed by atoms with van der Waals surface area (Å²) in [6, 6.07) is 0. The molecule has 0 aliphatic rings. The lowest BCUT2D eigenvalue weighted by molar-refractivity contribution is 0.330. The van der Waals surface area contributed by atoms with Gasteiger partial charge in [-0.05, 0) is 0 Å². The zero-order valence-corrected chi connectivity index (χ0v) is 14.9.